The first-order valence-electron chi connectivity index (χ1n) is 7.86. The monoisotopic (exact) mass is 265 g/mol. The predicted molar refractivity (Wildman–Crippen MR) is 81.0 cm³/mol. The third-order valence-corrected chi connectivity index (χ3v) is 4.24. The zero-order valence-electron chi connectivity index (χ0n) is 13.2. The van der Waals surface area contributed by atoms with E-state index >= 15 is 0 Å². The van der Waals surface area contributed by atoms with Gasteiger partial charge in [0.15, 0.2) is 0 Å². The van der Waals surface area contributed by atoms with Gasteiger partial charge in [-0.3, -0.25) is 5.32 Å². The molecule has 19 heavy (non-hydrogen) atoms. The highest BCUT2D eigenvalue weighted by Crippen LogP contribution is 2.22. The Hall–Kier alpha value is -0.590. The van der Waals surface area contributed by atoms with Crippen LogP contribution in [0.1, 0.15) is 65.7 Å². The number of nitrogens with one attached hydrogen (secondary N) is 1. The van der Waals surface area contributed by atoms with Gasteiger partial charge in [0.1, 0.15) is 5.54 Å². The highest BCUT2D eigenvalue weighted by atomic mass is 15.1. The van der Waals surface area contributed by atoms with Gasteiger partial charge in [0.2, 0.25) is 0 Å². The molecule has 1 rings (SSSR count). The number of hydrogen-bond donors (Lipinski definition) is 1. The van der Waals surface area contributed by atoms with E-state index in [-0.39, 0.29) is 5.54 Å². The van der Waals surface area contributed by atoms with Gasteiger partial charge in [0.05, 0.1) is 6.07 Å². The normalized spacial score (nSPS) is 20.5. The summed E-state index contributed by atoms with van der Waals surface area (Å²) in [4.78, 5) is 2.51. The molecular weight excluding hydrogens is 234 g/mol. The molecule has 110 valence electrons. The minimum atomic E-state index is -0.373. The van der Waals surface area contributed by atoms with Gasteiger partial charge in [-0.25, -0.2) is 0 Å². The molecule has 0 spiro atoms. The van der Waals surface area contributed by atoms with E-state index in [1.807, 2.05) is 6.92 Å². The molecule has 1 fully saturated rings. The molecular formula is C16H31N3. The van der Waals surface area contributed by atoms with Crippen molar-refractivity contribution in [3.05, 3.63) is 0 Å². The summed E-state index contributed by atoms with van der Waals surface area (Å²) in [5.41, 5.74) is -0.373. The van der Waals surface area contributed by atoms with Crippen molar-refractivity contribution in [2.24, 2.45) is 0 Å². The van der Waals surface area contributed by atoms with Crippen LogP contribution in [0.2, 0.25) is 0 Å². The standard InChI is InChI=1S/C16H31N3/c1-14(2)18-16(3,13-17)11-8-12-19(4)15-9-6-5-7-10-15/h14-15,18H,5-12H2,1-4H3. The van der Waals surface area contributed by atoms with E-state index in [2.05, 4.69) is 37.2 Å². The molecule has 1 aliphatic rings. The third-order valence-electron chi connectivity index (χ3n) is 4.24. The fraction of sp³-hybridized carbons (Fsp3) is 0.938. The van der Waals surface area contributed by atoms with E-state index in [1.54, 1.807) is 0 Å². The minimum Gasteiger partial charge on any atom is -0.303 e. The molecule has 0 aromatic carbocycles. The minimum absolute atomic E-state index is 0.362. The van der Waals surface area contributed by atoms with Crippen LogP contribution in [0.15, 0.2) is 0 Å². The highest BCUT2D eigenvalue weighted by Gasteiger charge is 2.24. The van der Waals surface area contributed by atoms with Crippen molar-refractivity contribution in [1.29, 1.82) is 5.26 Å². The maximum absolute atomic E-state index is 9.32. The lowest BCUT2D eigenvalue weighted by molar-refractivity contribution is 0.184. The maximum Gasteiger partial charge on any atom is 0.104 e. The van der Waals surface area contributed by atoms with Crippen LogP contribution in [-0.4, -0.2) is 36.1 Å². The lowest BCUT2D eigenvalue weighted by atomic mass is 9.93. The summed E-state index contributed by atoms with van der Waals surface area (Å²) in [6.07, 6.45) is 8.93. The number of rotatable bonds is 7. The average Bonchev–Trinajstić information content (AvgIpc) is 2.38. The van der Waals surface area contributed by atoms with Gasteiger partial charge in [-0.2, -0.15) is 5.26 Å². The van der Waals surface area contributed by atoms with E-state index < -0.39 is 0 Å². The molecule has 0 aromatic heterocycles. The van der Waals surface area contributed by atoms with Crippen LogP contribution in [0.4, 0.5) is 0 Å². The molecule has 0 bridgehead atoms. The van der Waals surface area contributed by atoms with Crippen molar-refractivity contribution >= 4 is 0 Å². The molecule has 0 aliphatic heterocycles. The fourth-order valence-corrected chi connectivity index (χ4v) is 3.18. The van der Waals surface area contributed by atoms with Crippen molar-refractivity contribution in [2.45, 2.75) is 83.3 Å². The molecule has 1 atom stereocenters. The first kappa shape index (κ1) is 16.5. The van der Waals surface area contributed by atoms with Crippen molar-refractivity contribution < 1.29 is 0 Å². The summed E-state index contributed by atoms with van der Waals surface area (Å²) < 4.78 is 0. The largest absolute Gasteiger partial charge is 0.303 e. The quantitative estimate of drug-likeness (QED) is 0.767. The molecule has 1 aliphatic carbocycles. The lowest BCUT2D eigenvalue weighted by Gasteiger charge is -2.32. The summed E-state index contributed by atoms with van der Waals surface area (Å²) in [6, 6.07) is 3.57. The highest BCUT2D eigenvalue weighted by molar-refractivity contribution is 5.04. The molecule has 3 heteroatoms. The second kappa shape index (κ2) is 7.87. The molecule has 3 nitrogen and oxygen atoms in total. The van der Waals surface area contributed by atoms with E-state index in [9.17, 15) is 5.26 Å². The van der Waals surface area contributed by atoms with Crippen LogP contribution in [0, 0.1) is 11.3 Å². The van der Waals surface area contributed by atoms with Crippen molar-refractivity contribution in [2.75, 3.05) is 13.6 Å². The van der Waals surface area contributed by atoms with Gasteiger partial charge in [-0.1, -0.05) is 19.3 Å². The zero-order valence-corrected chi connectivity index (χ0v) is 13.2. The van der Waals surface area contributed by atoms with Crippen LogP contribution in [0.3, 0.4) is 0 Å². The summed E-state index contributed by atoms with van der Waals surface area (Å²) in [6.45, 7) is 7.34. The molecule has 0 radical (unpaired) electrons. The molecule has 1 N–H and O–H groups in total. The maximum atomic E-state index is 9.32. The zero-order chi connectivity index (χ0) is 14.3. The van der Waals surface area contributed by atoms with Gasteiger partial charge in [0.25, 0.3) is 0 Å². The molecule has 0 amide bonds. The van der Waals surface area contributed by atoms with Crippen molar-refractivity contribution in [3.8, 4) is 6.07 Å². The van der Waals surface area contributed by atoms with Crippen molar-refractivity contribution in [1.82, 2.24) is 10.2 Å². The van der Waals surface area contributed by atoms with Crippen LogP contribution in [0.5, 0.6) is 0 Å². The second-order valence-electron chi connectivity index (χ2n) is 6.62. The summed E-state index contributed by atoms with van der Waals surface area (Å²) in [5.74, 6) is 0. The Balaban J connectivity index is 2.29. The molecule has 1 unspecified atom stereocenters. The van der Waals surface area contributed by atoms with Gasteiger partial charge in [0, 0.05) is 12.1 Å². The summed E-state index contributed by atoms with van der Waals surface area (Å²) >= 11 is 0. The number of nitrogens with zero attached hydrogens (tertiary/aromatic N) is 2. The average molecular weight is 265 g/mol. The Morgan fingerprint density at radius 3 is 2.47 bits per heavy atom. The van der Waals surface area contributed by atoms with Crippen LogP contribution < -0.4 is 5.32 Å². The van der Waals surface area contributed by atoms with Crippen molar-refractivity contribution in [3.63, 3.8) is 0 Å². The fourth-order valence-electron chi connectivity index (χ4n) is 3.18. The molecule has 1 saturated carbocycles. The van der Waals surface area contributed by atoms with Crippen LogP contribution in [0.25, 0.3) is 0 Å². The van der Waals surface area contributed by atoms with Gasteiger partial charge in [-0.05, 0) is 60.0 Å². The van der Waals surface area contributed by atoms with Gasteiger partial charge >= 0.3 is 0 Å². The van der Waals surface area contributed by atoms with Crippen LogP contribution >= 0.6 is 0 Å². The van der Waals surface area contributed by atoms with E-state index in [0.29, 0.717) is 6.04 Å². The topological polar surface area (TPSA) is 39.1 Å². The summed E-state index contributed by atoms with van der Waals surface area (Å²) in [5, 5.41) is 12.7. The third kappa shape index (κ3) is 5.93. The van der Waals surface area contributed by atoms with E-state index in [1.165, 1.54) is 32.1 Å². The number of nitriles is 1. The number of hydrogen-bond acceptors (Lipinski definition) is 3. The van der Waals surface area contributed by atoms with Crippen LogP contribution in [-0.2, 0) is 0 Å². The molecule has 0 heterocycles. The Morgan fingerprint density at radius 2 is 1.95 bits per heavy atom. The Morgan fingerprint density at radius 1 is 1.32 bits per heavy atom. The first-order chi connectivity index (χ1) is 8.97. The first-order valence-corrected chi connectivity index (χ1v) is 7.86. The molecule has 0 aromatic rings. The van der Waals surface area contributed by atoms with Gasteiger partial charge < -0.3 is 4.90 Å². The Bertz CT molecular complexity index is 289. The SMILES string of the molecule is CC(C)NC(C)(C#N)CCCN(C)C1CCCCC1. The van der Waals surface area contributed by atoms with E-state index in [0.717, 1.165) is 25.4 Å². The van der Waals surface area contributed by atoms with E-state index in [4.69, 9.17) is 0 Å². The Labute approximate surface area is 119 Å². The lowest BCUT2D eigenvalue weighted by Crippen LogP contribution is -2.45. The van der Waals surface area contributed by atoms with Gasteiger partial charge in [-0.15, -0.1) is 0 Å². The predicted octanol–water partition coefficient (Wildman–Crippen LogP) is 3.31. The Kier molecular flexibility index (Phi) is 6.82. The summed E-state index contributed by atoms with van der Waals surface area (Å²) in [7, 11) is 2.25. The smallest absolute Gasteiger partial charge is 0.104 e. The molecule has 0 saturated heterocycles. The second-order valence-corrected chi connectivity index (χ2v) is 6.62.